The molecule has 0 aliphatic rings. The van der Waals surface area contributed by atoms with Gasteiger partial charge in [0, 0.05) is 22.6 Å². The maximum Gasteiger partial charge on any atom is 0.167 e. The lowest BCUT2D eigenvalue weighted by Crippen LogP contribution is -2.03. The summed E-state index contributed by atoms with van der Waals surface area (Å²) in [5.41, 5.74) is 4.30. The second-order valence-electron chi connectivity index (χ2n) is 7.07. The molecule has 5 aromatic rings. The van der Waals surface area contributed by atoms with Gasteiger partial charge in [0.15, 0.2) is 5.78 Å². The quantitative estimate of drug-likeness (QED) is 0.354. The molecule has 1 N–H and O–H groups in total. The lowest BCUT2D eigenvalue weighted by Gasteiger charge is -2.03. The second kappa shape index (κ2) is 7.19. The number of rotatable bonds is 4. The molecule has 0 unspecified atom stereocenters. The van der Waals surface area contributed by atoms with Gasteiger partial charge in [-0.15, -0.1) is 0 Å². The molecule has 1 aromatic heterocycles. The highest BCUT2D eigenvalue weighted by Crippen LogP contribution is 2.28. The summed E-state index contributed by atoms with van der Waals surface area (Å²) in [6, 6.07) is 27.4. The summed E-state index contributed by atoms with van der Waals surface area (Å²) in [4.78, 5) is 20.9. The van der Waals surface area contributed by atoms with Gasteiger partial charge in [0.2, 0.25) is 0 Å². The zero-order valence-corrected chi connectivity index (χ0v) is 16.3. The first kappa shape index (κ1) is 17.7. The fourth-order valence-corrected chi connectivity index (χ4v) is 3.89. The first-order valence-electron chi connectivity index (χ1n) is 9.43. The minimum Gasteiger partial charge on any atom is -0.338 e. The third-order valence-electron chi connectivity index (χ3n) is 5.10. The van der Waals surface area contributed by atoms with Crippen LogP contribution in [0.5, 0.6) is 0 Å². The van der Waals surface area contributed by atoms with E-state index in [2.05, 4.69) is 29.2 Å². The third-order valence-corrected chi connectivity index (χ3v) is 5.34. The lowest BCUT2D eigenvalue weighted by molar-refractivity contribution is 0.0993. The van der Waals surface area contributed by atoms with Crippen molar-refractivity contribution in [3.8, 4) is 11.4 Å². The van der Waals surface area contributed by atoms with E-state index in [1.54, 1.807) is 6.07 Å². The van der Waals surface area contributed by atoms with E-state index in [9.17, 15) is 4.79 Å². The molecule has 4 aromatic carbocycles. The standard InChI is InChI=1S/C25H17ClN2O/c26-19-8-3-5-16(13-19)14-24(29)18-11-12-22-23(15-18)28-25(27-22)21-10-4-7-17-6-1-2-9-20(17)21/h1-13,15H,14H2,(H,27,28). The summed E-state index contributed by atoms with van der Waals surface area (Å²) < 4.78 is 0. The Balaban J connectivity index is 1.51. The highest BCUT2D eigenvalue weighted by Gasteiger charge is 2.12. The van der Waals surface area contributed by atoms with Crippen LogP contribution >= 0.6 is 11.6 Å². The molecule has 140 valence electrons. The van der Waals surface area contributed by atoms with Gasteiger partial charge in [-0.25, -0.2) is 4.98 Å². The number of carbonyl (C=O) groups excluding carboxylic acids is 1. The van der Waals surface area contributed by atoms with Gasteiger partial charge >= 0.3 is 0 Å². The largest absolute Gasteiger partial charge is 0.338 e. The Labute approximate surface area is 173 Å². The van der Waals surface area contributed by atoms with Crippen molar-refractivity contribution in [2.75, 3.05) is 0 Å². The maximum atomic E-state index is 12.7. The van der Waals surface area contributed by atoms with Gasteiger partial charge in [0.05, 0.1) is 11.0 Å². The van der Waals surface area contributed by atoms with E-state index in [1.807, 2.05) is 54.6 Å². The minimum atomic E-state index is 0.0514. The highest BCUT2D eigenvalue weighted by molar-refractivity contribution is 6.30. The molecule has 0 atom stereocenters. The Kier molecular flexibility index (Phi) is 4.38. The van der Waals surface area contributed by atoms with Crippen molar-refractivity contribution in [3.63, 3.8) is 0 Å². The van der Waals surface area contributed by atoms with E-state index in [0.717, 1.165) is 33.4 Å². The second-order valence-corrected chi connectivity index (χ2v) is 7.51. The molecule has 0 amide bonds. The van der Waals surface area contributed by atoms with E-state index in [4.69, 9.17) is 16.6 Å². The monoisotopic (exact) mass is 396 g/mol. The van der Waals surface area contributed by atoms with Crippen LogP contribution in [0.15, 0.2) is 84.9 Å². The number of aromatic nitrogens is 2. The van der Waals surface area contributed by atoms with Crippen LogP contribution in [0.4, 0.5) is 0 Å². The molecule has 4 heteroatoms. The lowest BCUT2D eigenvalue weighted by atomic mass is 10.0. The normalized spacial score (nSPS) is 11.2. The van der Waals surface area contributed by atoms with Crippen LogP contribution in [-0.4, -0.2) is 15.8 Å². The molecule has 0 radical (unpaired) electrons. The van der Waals surface area contributed by atoms with Crippen LogP contribution in [0, 0.1) is 0 Å². The molecule has 0 bridgehead atoms. The molecule has 5 rings (SSSR count). The van der Waals surface area contributed by atoms with Crippen LogP contribution in [0.25, 0.3) is 33.2 Å². The summed E-state index contributed by atoms with van der Waals surface area (Å²) in [6.45, 7) is 0. The van der Waals surface area contributed by atoms with Crippen LogP contribution in [0.3, 0.4) is 0 Å². The van der Waals surface area contributed by atoms with Gasteiger partial charge in [-0.05, 0) is 46.7 Å². The number of nitrogens with one attached hydrogen (secondary N) is 1. The molecule has 0 aliphatic heterocycles. The van der Waals surface area contributed by atoms with E-state index in [0.29, 0.717) is 17.0 Å². The van der Waals surface area contributed by atoms with Crippen LogP contribution in [-0.2, 0) is 6.42 Å². The molecule has 0 saturated heterocycles. The van der Waals surface area contributed by atoms with Crippen molar-refractivity contribution >= 4 is 39.2 Å². The van der Waals surface area contributed by atoms with Gasteiger partial charge in [0.1, 0.15) is 5.82 Å². The van der Waals surface area contributed by atoms with Crippen molar-refractivity contribution in [3.05, 3.63) is 101 Å². The molecule has 0 saturated carbocycles. The molecule has 29 heavy (non-hydrogen) atoms. The first-order valence-corrected chi connectivity index (χ1v) is 9.81. The van der Waals surface area contributed by atoms with Crippen LogP contribution in [0.1, 0.15) is 15.9 Å². The van der Waals surface area contributed by atoms with E-state index in [-0.39, 0.29) is 5.78 Å². The van der Waals surface area contributed by atoms with Crippen molar-refractivity contribution in [1.29, 1.82) is 0 Å². The Morgan fingerprint density at radius 2 is 1.72 bits per heavy atom. The van der Waals surface area contributed by atoms with E-state index >= 15 is 0 Å². The average Bonchev–Trinajstić information content (AvgIpc) is 3.16. The maximum absolute atomic E-state index is 12.7. The molecule has 0 fully saturated rings. The van der Waals surface area contributed by atoms with Crippen molar-refractivity contribution in [2.45, 2.75) is 6.42 Å². The van der Waals surface area contributed by atoms with Gasteiger partial charge in [-0.3, -0.25) is 4.79 Å². The number of halogens is 1. The Bertz CT molecular complexity index is 1360. The third kappa shape index (κ3) is 3.41. The van der Waals surface area contributed by atoms with Gasteiger partial charge in [-0.1, -0.05) is 66.2 Å². The molecule has 1 heterocycles. The fourth-order valence-electron chi connectivity index (χ4n) is 3.68. The number of carbonyl (C=O) groups is 1. The predicted octanol–water partition coefficient (Wildman–Crippen LogP) is 6.46. The van der Waals surface area contributed by atoms with E-state index in [1.165, 1.54) is 5.39 Å². The van der Waals surface area contributed by atoms with Crippen LogP contribution in [0.2, 0.25) is 5.02 Å². The number of hydrogen-bond donors (Lipinski definition) is 1. The van der Waals surface area contributed by atoms with Crippen molar-refractivity contribution in [1.82, 2.24) is 9.97 Å². The molecular formula is C25H17ClN2O. The summed E-state index contributed by atoms with van der Waals surface area (Å²) >= 11 is 6.03. The topological polar surface area (TPSA) is 45.8 Å². The Morgan fingerprint density at radius 1 is 0.897 bits per heavy atom. The number of aromatic amines is 1. The van der Waals surface area contributed by atoms with Gasteiger partial charge in [0.25, 0.3) is 0 Å². The highest BCUT2D eigenvalue weighted by atomic mass is 35.5. The van der Waals surface area contributed by atoms with Crippen molar-refractivity contribution < 1.29 is 4.79 Å². The van der Waals surface area contributed by atoms with Crippen LogP contribution < -0.4 is 0 Å². The number of Topliss-reactive ketones (excluding diaryl/α,β-unsaturated/α-hetero) is 1. The SMILES string of the molecule is O=C(Cc1cccc(Cl)c1)c1ccc2nc(-c3cccc4ccccc34)[nH]c2c1. The van der Waals surface area contributed by atoms with Gasteiger partial charge < -0.3 is 4.98 Å². The number of H-pyrrole nitrogens is 1. The number of imidazole rings is 1. The smallest absolute Gasteiger partial charge is 0.167 e. The Hall–Kier alpha value is -3.43. The average molecular weight is 397 g/mol. The minimum absolute atomic E-state index is 0.0514. The Morgan fingerprint density at radius 3 is 2.62 bits per heavy atom. The fraction of sp³-hybridized carbons (Fsp3) is 0.0400. The summed E-state index contributed by atoms with van der Waals surface area (Å²) in [5.74, 6) is 0.853. The molecule has 0 aliphatic carbocycles. The summed E-state index contributed by atoms with van der Waals surface area (Å²) in [5, 5.41) is 2.95. The summed E-state index contributed by atoms with van der Waals surface area (Å²) in [7, 11) is 0. The number of hydrogen-bond acceptors (Lipinski definition) is 2. The van der Waals surface area contributed by atoms with Crippen molar-refractivity contribution in [2.24, 2.45) is 0 Å². The molecule has 3 nitrogen and oxygen atoms in total. The van der Waals surface area contributed by atoms with Gasteiger partial charge in [-0.2, -0.15) is 0 Å². The number of nitrogens with zero attached hydrogens (tertiary/aromatic N) is 1. The van der Waals surface area contributed by atoms with E-state index < -0.39 is 0 Å². The predicted molar refractivity (Wildman–Crippen MR) is 119 cm³/mol. The molecular weight excluding hydrogens is 380 g/mol. The number of ketones is 1. The summed E-state index contributed by atoms with van der Waals surface area (Å²) in [6.07, 6.45) is 0.316. The zero-order chi connectivity index (χ0) is 19.8. The number of fused-ring (bicyclic) bond motifs is 2. The first-order chi connectivity index (χ1) is 14.2. The molecule has 0 spiro atoms. The zero-order valence-electron chi connectivity index (χ0n) is 15.5. The number of benzene rings is 4.